The van der Waals surface area contributed by atoms with Crippen molar-refractivity contribution in [2.45, 2.75) is 58.6 Å². The average Bonchev–Trinajstić information content (AvgIpc) is 2.93. The van der Waals surface area contributed by atoms with Crippen LogP contribution in [0, 0.1) is 11.8 Å². The van der Waals surface area contributed by atoms with E-state index in [0.29, 0.717) is 36.2 Å². The zero-order chi connectivity index (χ0) is 28.7. The Labute approximate surface area is 234 Å². The monoisotopic (exact) mass is 546 g/mol. The number of carbonyl (C=O) groups is 3. The second-order valence-electron chi connectivity index (χ2n) is 11.4. The lowest BCUT2D eigenvalue weighted by atomic mass is 9.82. The number of carbonyl (C=O) groups excluding carboxylic acids is 2. The van der Waals surface area contributed by atoms with Gasteiger partial charge in [-0.3, -0.25) is 4.79 Å². The highest BCUT2D eigenvalue weighted by Crippen LogP contribution is 2.29. The number of para-hydroxylation sites is 1. The molecule has 0 atom stereocenters. The number of hydrogen-bond donors (Lipinski definition) is 4. The second-order valence-corrected chi connectivity index (χ2v) is 11.4. The van der Waals surface area contributed by atoms with E-state index in [1.54, 1.807) is 6.07 Å². The number of carboxylic acid groups (broad SMARTS) is 1. The number of hydrogen-bond acceptors (Lipinski definition) is 5. The van der Waals surface area contributed by atoms with Gasteiger partial charge in [-0.1, -0.05) is 36.4 Å². The van der Waals surface area contributed by atoms with Crippen molar-refractivity contribution >= 4 is 29.0 Å². The predicted molar refractivity (Wildman–Crippen MR) is 154 cm³/mol. The first kappa shape index (κ1) is 28.9. The smallest absolute Gasteiger partial charge is 0.407 e. The third-order valence-electron chi connectivity index (χ3n) is 7.08. The number of amides is 3. The van der Waals surface area contributed by atoms with Gasteiger partial charge in [-0.25, -0.2) is 14.6 Å². The Morgan fingerprint density at radius 1 is 0.900 bits per heavy atom. The molecule has 40 heavy (non-hydrogen) atoms. The molecule has 0 bridgehead atoms. The fourth-order valence-corrected chi connectivity index (χ4v) is 5.04. The van der Waals surface area contributed by atoms with E-state index in [1.165, 1.54) is 0 Å². The maximum absolute atomic E-state index is 13.4. The average molecular weight is 547 g/mol. The van der Waals surface area contributed by atoms with Crippen molar-refractivity contribution in [1.82, 2.24) is 20.9 Å². The number of pyridine rings is 1. The summed E-state index contributed by atoms with van der Waals surface area (Å²) in [7, 11) is 0. The molecule has 9 heteroatoms. The van der Waals surface area contributed by atoms with Gasteiger partial charge >= 0.3 is 12.2 Å². The number of benzene rings is 2. The number of ether oxygens (including phenoxy) is 1. The van der Waals surface area contributed by atoms with E-state index >= 15 is 0 Å². The van der Waals surface area contributed by atoms with Crippen LogP contribution in [0.1, 0.15) is 62.4 Å². The second kappa shape index (κ2) is 12.8. The largest absolute Gasteiger partial charge is 0.465 e. The van der Waals surface area contributed by atoms with Gasteiger partial charge in [0.1, 0.15) is 5.60 Å². The quantitative estimate of drug-likeness (QED) is 0.286. The highest BCUT2D eigenvalue weighted by molar-refractivity contribution is 6.07. The minimum atomic E-state index is -1.08. The van der Waals surface area contributed by atoms with Crippen LogP contribution in [0.5, 0.6) is 0 Å². The first-order valence-corrected chi connectivity index (χ1v) is 13.8. The Morgan fingerprint density at radius 3 is 2.25 bits per heavy atom. The van der Waals surface area contributed by atoms with Crippen molar-refractivity contribution in [3.63, 3.8) is 0 Å². The van der Waals surface area contributed by atoms with Gasteiger partial charge in [0.25, 0.3) is 5.91 Å². The van der Waals surface area contributed by atoms with E-state index in [2.05, 4.69) is 16.0 Å². The van der Waals surface area contributed by atoms with Crippen molar-refractivity contribution in [3.05, 3.63) is 65.7 Å². The van der Waals surface area contributed by atoms with E-state index in [-0.39, 0.29) is 18.5 Å². The molecule has 212 valence electrons. The maximum Gasteiger partial charge on any atom is 0.407 e. The number of nitrogens with one attached hydrogen (secondary N) is 3. The molecule has 2 aromatic carbocycles. The third kappa shape index (κ3) is 8.18. The molecule has 0 radical (unpaired) electrons. The topological polar surface area (TPSA) is 130 Å². The summed E-state index contributed by atoms with van der Waals surface area (Å²) in [4.78, 5) is 41.0. The summed E-state index contributed by atoms with van der Waals surface area (Å²) in [5.41, 5.74) is 3.03. The van der Waals surface area contributed by atoms with Gasteiger partial charge in [0.2, 0.25) is 0 Å². The molecule has 0 aliphatic heterocycles. The number of aromatic nitrogens is 1. The van der Waals surface area contributed by atoms with Crippen LogP contribution in [0.25, 0.3) is 22.2 Å². The van der Waals surface area contributed by atoms with Crippen molar-refractivity contribution in [2.75, 3.05) is 13.1 Å². The van der Waals surface area contributed by atoms with Crippen LogP contribution < -0.4 is 16.0 Å². The lowest BCUT2D eigenvalue weighted by Crippen LogP contribution is -2.37. The fourth-order valence-electron chi connectivity index (χ4n) is 5.04. The predicted octanol–water partition coefficient (Wildman–Crippen LogP) is 5.73. The van der Waals surface area contributed by atoms with Crippen LogP contribution in [0.15, 0.2) is 54.6 Å². The summed E-state index contributed by atoms with van der Waals surface area (Å²) < 4.78 is 5.32. The van der Waals surface area contributed by atoms with E-state index in [4.69, 9.17) is 14.8 Å². The van der Waals surface area contributed by atoms with Crippen molar-refractivity contribution < 1.29 is 24.2 Å². The Kier molecular flexibility index (Phi) is 9.24. The van der Waals surface area contributed by atoms with Gasteiger partial charge in [-0.15, -0.1) is 0 Å². The molecule has 4 N–H and O–H groups in total. The molecule has 1 aliphatic rings. The van der Waals surface area contributed by atoms with E-state index in [9.17, 15) is 14.4 Å². The van der Waals surface area contributed by atoms with Gasteiger partial charge < -0.3 is 25.8 Å². The number of fused-ring (bicyclic) bond motifs is 1. The van der Waals surface area contributed by atoms with Crippen LogP contribution >= 0.6 is 0 Å². The van der Waals surface area contributed by atoms with Crippen LogP contribution in [0.3, 0.4) is 0 Å². The molecule has 9 nitrogen and oxygen atoms in total. The molecule has 1 saturated carbocycles. The van der Waals surface area contributed by atoms with E-state index in [0.717, 1.165) is 47.7 Å². The molecule has 0 spiro atoms. The highest BCUT2D eigenvalue weighted by atomic mass is 16.6. The lowest BCUT2D eigenvalue weighted by molar-refractivity contribution is 0.0512. The van der Waals surface area contributed by atoms with E-state index < -0.39 is 11.7 Å². The van der Waals surface area contributed by atoms with Crippen LogP contribution in [0.4, 0.5) is 9.59 Å². The Bertz CT molecular complexity index is 1360. The van der Waals surface area contributed by atoms with Gasteiger partial charge in [-0.2, -0.15) is 0 Å². The summed E-state index contributed by atoms with van der Waals surface area (Å²) in [6.45, 7) is 6.93. The van der Waals surface area contributed by atoms with Crippen LogP contribution in [-0.2, 0) is 11.3 Å². The lowest BCUT2D eigenvalue weighted by Gasteiger charge is -2.29. The number of rotatable bonds is 8. The molecule has 3 amide bonds. The molecule has 0 unspecified atom stereocenters. The summed E-state index contributed by atoms with van der Waals surface area (Å²) in [5, 5.41) is 18.1. The number of nitrogens with zero attached hydrogens (tertiary/aromatic N) is 1. The minimum Gasteiger partial charge on any atom is -0.465 e. The summed E-state index contributed by atoms with van der Waals surface area (Å²) in [5.74, 6) is 0.651. The normalized spacial score (nSPS) is 17.2. The van der Waals surface area contributed by atoms with Crippen LogP contribution in [0.2, 0.25) is 0 Å². The molecule has 0 saturated heterocycles. The van der Waals surface area contributed by atoms with Crippen molar-refractivity contribution in [3.8, 4) is 11.3 Å². The third-order valence-corrected chi connectivity index (χ3v) is 7.08. The first-order chi connectivity index (χ1) is 19.1. The van der Waals surface area contributed by atoms with Crippen LogP contribution in [-0.4, -0.2) is 46.9 Å². The highest BCUT2D eigenvalue weighted by Gasteiger charge is 2.24. The Balaban J connectivity index is 1.38. The van der Waals surface area contributed by atoms with Gasteiger partial charge in [0.15, 0.2) is 0 Å². The summed E-state index contributed by atoms with van der Waals surface area (Å²) in [6, 6.07) is 16.9. The van der Waals surface area contributed by atoms with Gasteiger partial charge in [0, 0.05) is 30.6 Å². The molecule has 4 rings (SSSR count). The standard InChI is InChI=1S/C31H38N4O5/c1-31(2,3)40-30(39)34-18-21-13-11-20(12-14-21)17-32-28(36)25-16-27(35-26-10-5-4-9-24(25)26)23-8-6-7-22(15-23)19-33-29(37)38/h4-10,15-16,20-21,33H,11-14,17-19H2,1-3H3,(H,32,36)(H,34,39)(H,37,38)/t20-,21-. The molecular formula is C31H38N4O5. The maximum atomic E-state index is 13.4. The van der Waals surface area contributed by atoms with Crippen molar-refractivity contribution in [1.29, 1.82) is 0 Å². The zero-order valence-corrected chi connectivity index (χ0v) is 23.3. The Morgan fingerprint density at radius 2 is 1.57 bits per heavy atom. The first-order valence-electron chi connectivity index (χ1n) is 13.8. The molecule has 1 aromatic heterocycles. The number of alkyl carbamates (subject to hydrolysis) is 1. The Hall–Kier alpha value is -4.14. The fraction of sp³-hybridized carbons (Fsp3) is 0.419. The van der Waals surface area contributed by atoms with Crippen molar-refractivity contribution in [2.24, 2.45) is 11.8 Å². The van der Waals surface area contributed by atoms with E-state index in [1.807, 2.05) is 69.3 Å². The molecule has 3 aromatic rings. The molecule has 1 aliphatic carbocycles. The van der Waals surface area contributed by atoms with Gasteiger partial charge in [-0.05, 0) is 82.1 Å². The molecular weight excluding hydrogens is 508 g/mol. The van der Waals surface area contributed by atoms with Gasteiger partial charge in [0.05, 0.1) is 16.8 Å². The molecule has 1 fully saturated rings. The zero-order valence-electron chi connectivity index (χ0n) is 23.3. The summed E-state index contributed by atoms with van der Waals surface area (Å²) in [6.07, 6.45) is 2.49. The SMILES string of the molecule is CC(C)(C)OC(=O)NC[C@H]1CC[C@H](CNC(=O)c2cc(-c3cccc(CNC(=O)O)c3)nc3ccccc23)CC1. The summed E-state index contributed by atoms with van der Waals surface area (Å²) >= 11 is 0. The molecule has 1 heterocycles. The minimum absolute atomic E-state index is 0.141.